The lowest BCUT2D eigenvalue weighted by Crippen LogP contribution is -2.24. The summed E-state index contributed by atoms with van der Waals surface area (Å²) in [6.07, 6.45) is 6.44. The van der Waals surface area contributed by atoms with Crippen molar-refractivity contribution < 1.29 is 22.4 Å². The van der Waals surface area contributed by atoms with Gasteiger partial charge in [-0.15, -0.1) is 0 Å². The number of rotatable bonds is 8. The first-order valence-corrected chi connectivity index (χ1v) is 12.8. The van der Waals surface area contributed by atoms with Crippen LogP contribution in [0.3, 0.4) is 0 Å². The molecule has 0 bridgehead atoms. The number of furan rings is 1. The molecule has 4 rings (SSSR count). The first-order chi connectivity index (χ1) is 15.8. The number of benzene rings is 2. The summed E-state index contributed by atoms with van der Waals surface area (Å²) in [5.41, 5.74) is 2.69. The number of likely N-dealkylation sites (tertiary alicyclic amines) is 1. The molecule has 178 valence electrons. The Kier molecular flexibility index (Phi) is 8.73. The predicted molar refractivity (Wildman–Crippen MR) is 130 cm³/mol. The van der Waals surface area contributed by atoms with Crippen LogP contribution in [0.5, 0.6) is 5.75 Å². The highest BCUT2D eigenvalue weighted by molar-refractivity contribution is 7.92. The van der Waals surface area contributed by atoms with Gasteiger partial charge in [0.2, 0.25) is 10.0 Å². The van der Waals surface area contributed by atoms with Crippen LogP contribution in [0, 0.1) is 0 Å². The van der Waals surface area contributed by atoms with Crippen molar-refractivity contribution in [1.29, 1.82) is 0 Å². The molecule has 0 unspecified atom stereocenters. The van der Waals surface area contributed by atoms with E-state index in [1.165, 1.54) is 31.5 Å². The van der Waals surface area contributed by atoms with Crippen molar-refractivity contribution in [2.75, 3.05) is 44.3 Å². The summed E-state index contributed by atoms with van der Waals surface area (Å²) in [5, 5.41) is 3.45. The summed E-state index contributed by atoms with van der Waals surface area (Å²) in [4.78, 5) is 13.4. The van der Waals surface area contributed by atoms with Crippen LogP contribution in [0.4, 0.5) is 5.69 Å². The average molecular weight is 474 g/mol. The number of likely N-dealkylation sites (N-methyl/N-ethyl adjacent to an activating group) is 1. The number of nitrogens with one attached hydrogen (secondary N) is 2. The van der Waals surface area contributed by atoms with E-state index < -0.39 is 10.0 Å². The van der Waals surface area contributed by atoms with E-state index in [1.807, 2.05) is 42.5 Å². The lowest BCUT2D eigenvalue weighted by molar-refractivity contribution is -0.122. The summed E-state index contributed by atoms with van der Waals surface area (Å²) in [5.74, 6) is 0.509. The molecule has 1 amide bonds. The number of sulfonamides is 1. The first-order valence-electron chi connectivity index (χ1n) is 10.9. The molecule has 0 spiro atoms. The van der Waals surface area contributed by atoms with Gasteiger partial charge in [-0.05, 0) is 74.3 Å². The number of carbonyl (C=O) groups is 1. The minimum Gasteiger partial charge on any atom is -0.484 e. The number of amides is 1. The Bertz CT molecular complexity index is 1140. The highest BCUT2D eigenvalue weighted by Crippen LogP contribution is 2.21. The zero-order valence-electron chi connectivity index (χ0n) is 19.0. The Morgan fingerprint density at radius 1 is 1.09 bits per heavy atom. The zero-order chi connectivity index (χ0) is 23.7. The van der Waals surface area contributed by atoms with Crippen LogP contribution >= 0.6 is 0 Å². The maximum atomic E-state index is 11.1. The SMILES string of the molecule is CNC(=O)COc1ccc2occc2c1.CS(=O)(=O)Nc1ccc(CCN2CCCC2)cc1. The second kappa shape index (κ2) is 11.7. The van der Waals surface area contributed by atoms with Gasteiger partial charge in [-0.3, -0.25) is 9.52 Å². The molecule has 0 atom stereocenters. The van der Waals surface area contributed by atoms with Crippen LogP contribution in [0.15, 0.2) is 59.2 Å². The minimum atomic E-state index is -3.17. The Balaban J connectivity index is 0.000000189. The molecule has 0 aliphatic carbocycles. The van der Waals surface area contributed by atoms with Crippen molar-refractivity contribution in [3.8, 4) is 5.75 Å². The van der Waals surface area contributed by atoms with E-state index >= 15 is 0 Å². The standard InChI is InChI=1S/C13H20N2O2S.C11H11NO3/c1-18(16,17)14-13-6-4-12(5-7-13)8-11-15-9-2-3-10-15;1-12-11(13)7-15-9-2-3-10-8(6-9)4-5-14-10/h4-7,14H,2-3,8-11H2,1H3;2-6H,7H2,1H3,(H,12,13). The lowest BCUT2D eigenvalue weighted by atomic mass is 10.1. The zero-order valence-corrected chi connectivity index (χ0v) is 19.9. The molecule has 8 nitrogen and oxygen atoms in total. The van der Waals surface area contributed by atoms with Gasteiger partial charge in [-0.2, -0.15) is 0 Å². The summed E-state index contributed by atoms with van der Waals surface area (Å²) in [7, 11) is -1.60. The Morgan fingerprint density at radius 2 is 1.82 bits per heavy atom. The van der Waals surface area contributed by atoms with Crippen molar-refractivity contribution in [3.63, 3.8) is 0 Å². The van der Waals surface area contributed by atoms with Gasteiger partial charge in [0.25, 0.3) is 5.91 Å². The molecule has 1 fully saturated rings. The van der Waals surface area contributed by atoms with E-state index in [9.17, 15) is 13.2 Å². The van der Waals surface area contributed by atoms with Crippen molar-refractivity contribution >= 4 is 32.6 Å². The molecule has 2 heterocycles. The van der Waals surface area contributed by atoms with Gasteiger partial charge in [0.05, 0.1) is 12.5 Å². The molecule has 1 aliphatic rings. The Morgan fingerprint density at radius 3 is 2.48 bits per heavy atom. The van der Waals surface area contributed by atoms with Gasteiger partial charge in [0.1, 0.15) is 11.3 Å². The number of hydrogen-bond acceptors (Lipinski definition) is 6. The van der Waals surface area contributed by atoms with Gasteiger partial charge in [-0.25, -0.2) is 8.42 Å². The quantitative estimate of drug-likeness (QED) is 0.521. The third-order valence-corrected chi connectivity index (χ3v) is 5.85. The fourth-order valence-electron chi connectivity index (χ4n) is 3.50. The highest BCUT2D eigenvalue weighted by Gasteiger charge is 2.10. The lowest BCUT2D eigenvalue weighted by Gasteiger charge is -2.14. The van der Waals surface area contributed by atoms with E-state index in [-0.39, 0.29) is 12.5 Å². The van der Waals surface area contributed by atoms with E-state index in [2.05, 4.69) is 14.9 Å². The van der Waals surface area contributed by atoms with Gasteiger partial charge in [0, 0.05) is 24.7 Å². The summed E-state index contributed by atoms with van der Waals surface area (Å²) in [6.45, 7) is 3.56. The summed E-state index contributed by atoms with van der Waals surface area (Å²) in [6, 6.07) is 14.9. The molecule has 33 heavy (non-hydrogen) atoms. The van der Waals surface area contributed by atoms with E-state index in [0.29, 0.717) is 11.4 Å². The van der Waals surface area contributed by atoms with Gasteiger partial charge < -0.3 is 19.4 Å². The van der Waals surface area contributed by atoms with Crippen LogP contribution in [-0.4, -0.2) is 58.8 Å². The second-order valence-electron chi connectivity index (χ2n) is 7.95. The number of nitrogens with zero attached hydrogens (tertiary/aromatic N) is 1. The van der Waals surface area contributed by atoms with E-state index in [4.69, 9.17) is 9.15 Å². The van der Waals surface area contributed by atoms with Crippen molar-refractivity contribution in [1.82, 2.24) is 10.2 Å². The van der Waals surface area contributed by atoms with Gasteiger partial charge in [-0.1, -0.05) is 12.1 Å². The minimum absolute atomic E-state index is 0.0276. The Hall–Kier alpha value is -3.04. The molecule has 0 radical (unpaired) electrons. The number of anilines is 1. The number of fused-ring (bicyclic) bond motifs is 1. The largest absolute Gasteiger partial charge is 0.484 e. The van der Waals surface area contributed by atoms with Crippen LogP contribution < -0.4 is 14.8 Å². The van der Waals surface area contributed by atoms with Gasteiger partial charge >= 0.3 is 0 Å². The molecule has 2 N–H and O–H groups in total. The topological polar surface area (TPSA) is 101 Å². The number of carbonyl (C=O) groups excluding carboxylic acids is 1. The first kappa shape index (κ1) is 24.6. The molecule has 1 aromatic heterocycles. The van der Waals surface area contributed by atoms with Crippen LogP contribution in [0.1, 0.15) is 18.4 Å². The summed E-state index contributed by atoms with van der Waals surface area (Å²) >= 11 is 0. The third kappa shape index (κ3) is 8.43. The third-order valence-electron chi connectivity index (χ3n) is 5.25. The van der Waals surface area contributed by atoms with E-state index in [0.717, 1.165) is 30.2 Å². The molecular formula is C24H31N3O5S. The van der Waals surface area contributed by atoms with Crippen LogP contribution in [0.2, 0.25) is 0 Å². The molecule has 1 aliphatic heterocycles. The second-order valence-corrected chi connectivity index (χ2v) is 9.70. The van der Waals surface area contributed by atoms with Crippen LogP contribution in [0.25, 0.3) is 11.0 Å². The maximum Gasteiger partial charge on any atom is 0.257 e. The predicted octanol–water partition coefficient (Wildman–Crippen LogP) is 3.25. The average Bonchev–Trinajstić information content (AvgIpc) is 3.48. The molecule has 0 saturated carbocycles. The fraction of sp³-hybridized carbons (Fsp3) is 0.375. The van der Waals surface area contributed by atoms with Crippen molar-refractivity contribution in [2.24, 2.45) is 0 Å². The monoisotopic (exact) mass is 473 g/mol. The molecule has 1 saturated heterocycles. The number of ether oxygens (including phenoxy) is 1. The Labute approximate surface area is 195 Å². The fourth-order valence-corrected chi connectivity index (χ4v) is 4.07. The number of hydrogen-bond donors (Lipinski definition) is 2. The van der Waals surface area contributed by atoms with Crippen molar-refractivity contribution in [3.05, 3.63) is 60.4 Å². The normalized spacial score (nSPS) is 13.9. The summed E-state index contributed by atoms with van der Waals surface area (Å²) < 4.78 is 35.1. The molecule has 3 aromatic rings. The molecule has 9 heteroatoms. The van der Waals surface area contributed by atoms with Gasteiger partial charge in [0.15, 0.2) is 6.61 Å². The smallest absolute Gasteiger partial charge is 0.257 e. The molecular weight excluding hydrogens is 442 g/mol. The highest BCUT2D eigenvalue weighted by atomic mass is 32.2. The molecule has 2 aromatic carbocycles. The van der Waals surface area contributed by atoms with Crippen molar-refractivity contribution in [2.45, 2.75) is 19.3 Å². The van der Waals surface area contributed by atoms with Crippen LogP contribution in [-0.2, 0) is 21.2 Å². The maximum absolute atomic E-state index is 11.1. The van der Waals surface area contributed by atoms with E-state index in [1.54, 1.807) is 19.4 Å².